The number of ether oxygens (including phenoxy) is 1. The third-order valence-electron chi connectivity index (χ3n) is 4.54. The van der Waals surface area contributed by atoms with Crippen LogP contribution < -0.4 is 15.4 Å². The van der Waals surface area contributed by atoms with Gasteiger partial charge in [0.05, 0.1) is 7.11 Å². The lowest BCUT2D eigenvalue weighted by Gasteiger charge is -2.08. The topological polar surface area (TPSA) is 91.2 Å². The van der Waals surface area contributed by atoms with Crippen molar-refractivity contribution in [2.24, 2.45) is 0 Å². The number of nitriles is 1. The highest BCUT2D eigenvalue weighted by Gasteiger charge is 2.10. The van der Waals surface area contributed by atoms with E-state index in [-0.39, 0.29) is 18.0 Å². The van der Waals surface area contributed by atoms with Crippen LogP contribution in [0.2, 0.25) is 5.02 Å². The molecule has 3 aromatic rings. The van der Waals surface area contributed by atoms with Gasteiger partial charge in [-0.1, -0.05) is 35.9 Å². The van der Waals surface area contributed by atoms with Crippen LogP contribution in [0.25, 0.3) is 6.08 Å². The van der Waals surface area contributed by atoms with Crippen molar-refractivity contribution < 1.29 is 14.3 Å². The van der Waals surface area contributed by atoms with Crippen molar-refractivity contribution in [2.75, 3.05) is 12.4 Å². The quantitative estimate of drug-likeness (QED) is 0.402. The second kappa shape index (κ2) is 10.8. The second-order valence-electron chi connectivity index (χ2n) is 6.79. The zero-order valence-electron chi connectivity index (χ0n) is 17.3. The van der Waals surface area contributed by atoms with Crippen LogP contribution in [-0.4, -0.2) is 18.9 Å². The fourth-order valence-corrected chi connectivity index (χ4v) is 2.97. The molecule has 0 heterocycles. The average molecular weight is 446 g/mol. The maximum atomic E-state index is 12.5. The van der Waals surface area contributed by atoms with Gasteiger partial charge in [-0.05, 0) is 65.7 Å². The Kier molecular flexibility index (Phi) is 7.63. The van der Waals surface area contributed by atoms with Crippen LogP contribution in [0.3, 0.4) is 0 Å². The van der Waals surface area contributed by atoms with Gasteiger partial charge >= 0.3 is 0 Å². The third-order valence-corrected chi connectivity index (χ3v) is 4.79. The number of carbonyl (C=O) groups excluding carboxylic acids is 2. The molecule has 0 saturated carbocycles. The number of carbonyl (C=O) groups is 2. The third kappa shape index (κ3) is 6.21. The Labute approximate surface area is 191 Å². The summed E-state index contributed by atoms with van der Waals surface area (Å²) < 4.78 is 5.09. The zero-order chi connectivity index (χ0) is 22.9. The van der Waals surface area contributed by atoms with Gasteiger partial charge in [-0.2, -0.15) is 5.26 Å². The molecule has 6 nitrogen and oxygen atoms in total. The monoisotopic (exact) mass is 445 g/mol. The molecule has 0 aromatic heterocycles. The van der Waals surface area contributed by atoms with Crippen molar-refractivity contribution in [2.45, 2.75) is 6.54 Å². The van der Waals surface area contributed by atoms with Crippen LogP contribution in [0.5, 0.6) is 5.75 Å². The zero-order valence-corrected chi connectivity index (χ0v) is 18.0. The van der Waals surface area contributed by atoms with Crippen LogP contribution in [0, 0.1) is 11.3 Å². The van der Waals surface area contributed by atoms with Crippen molar-refractivity contribution in [3.05, 3.63) is 100 Å². The number of anilines is 1. The van der Waals surface area contributed by atoms with Gasteiger partial charge in [0.25, 0.3) is 11.8 Å². The summed E-state index contributed by atoms with van der Waals surface area (Å²) in [6.07, 6.45) is 1.47. The van der Waals surface area contributed by atoms with E-state index in [1.807, 2.05) is 6.07 Å². The van der Waals surface area contributed by atoms with E-state index in [0.29, 0.717) is 27.6 Å². The summed E-state index contributed by atoms with van der Waals surface area (Å²) in [7, 11) is 1.56. The van der Waals surface area contributed by atoms with Crippen LogP contribution >= 0.6 is 11.6 Å². The van der Waals surface area contributed by atoms with Crippen molar-refractivity contribution >= 4 is 35.2 Å². The van der Waals surface area contributed by atoms with Crippen LogP contribution in [0.1, 0.15) is 21.5 Å². The van der Waals surface area contributed by atoms with Crippen molar-refractivity contribution in [1.82, 2.24) is 5.32 Å². The number of hydrogen-bond acceptors (Lipinski definition) is 4. The first kappa shape index (κ1) is 22.6. The minimum atomic E-state index is -0.491. The standard InChI is InChI=1S/C25H20ClN3O3/c1-32-23-11-7-19(8-12-23)25(31)29-22-4-2-3-18(14-22)13-20(15-27)24(30)28-16-17-5-9-21(26)10-6-17/h2-14H,16H2,1H3,(H,28,30)(H,29,31)/b20-13+. The van der Waals surface area contributed by atoms with Crippen molar-refractivity contribution in [1.29, 1.82) is 5.26 Å². The van der Waals surface area contributed by atoms with Gasteiger partial charge in [-0.3, -0.25) is 9.59 Å². The molecule has 0 radical (unpaired) electrons. The first-order chi connectivity index (χ1) is 15.5. The molecule has 7 heteroatoms. The number of methoxy groups -OCH3 is 1. The summed E-state index contributed by atoms with van der Waals surface area (Å²) in [6.45, 7) is 0.271. The van der Waals surface area contributed by atoms with E-state index in [2.05, 4.69) is 10.6 Å². The maximum Gasteiger partial charge on any atom is 0.262 e. The molecule has 32 heavy (non-hydrogen) atoms. The highest BCUT2D eigenvalue weighted by atomic mass is 35.5. The Morgan fingerprint density at radius 3 is 2.44 bits per heavy atom. The van der Waals surface area contributed by atoms with Gasteiger partial charge in [0, 0.05) is 22.8 Å². The smallest absolute Gasteiger partial charge is 0.262 e. The van der Waals surface area contributed by atoms with E-state index in [1.54, 1.807) is 79.9 Å². The molecule has 0 atom stereocenters. The van der Waals surface area contributed by atoms with E-state index >= 15 is 0 Å². The minimum Gasteiger partial charge on any atom is -0.497 e. The largest absolute Gasteiger partial charge is 0.497 e. The Hall–Kier alpha value is -4.08. The van der Waals surface area contributed by atoms with Gasteiger partial charge in [0.15, 0.2) is 0 Å². The van der Waals surface area contributed by atoms with Crippen molar-refractivity contribution in [3.63, 3.8) is 0 Å². The SMILES string of the molecule is COc1ccc(C(=O)Nc2cccc(/C=C(\C#N)C(=O)NCc3ccc(Cl)cc3)c2)cc1. The summed E-state index contributed by atoms with van der Waals surface area (Å²) in [6, 6.07) is 22.6. The predicted molar refractivity (Wildman–Crippen MR) is 124 cm³/mol. The fourth-order valence-electron chi connectivity index (χ4n) is 2.85. The molecule has 160 valence electrons. The highest BCUT2D eigenvalue weighted by molar-refractivity contribution is 6.30. The van der Waals surface area contributed by atoms with Gasteiger partial charge in [0.1, 0.15) is 17.4 Å². The number of hydrogen-bond donors (Lipinski definition) is 2. The van der Waals surface area contributed by atoms with E-state index in [1.165, 1.54) is 6.08 Å². The normalized spacial score (nSPS) is 10.7. The number of rotatable bonds is 7. The van der Waals surface area contributed by atoms with E-state index in [9.17, 15) is 14.9 Å². The van der Waals surface area contributed by atoms with Gasteiger partial charge in [-0.25, -0.2) is 0 Å². The molecule has 0 aliphatic rings. The van der Waals surface area contributed by atoms with E-state index < -0.39 is 5.91 Å². The molecule has 2 N–H and O–H groups in total. The van der Waals surface area contributed by atoms with Crippen LogP contribution in [0.4, 0.5) is 5.69 Å². The Morgan fingerprint density at radius 1 is 1.06 bits per heavy atom. The van der Waals surface area contributed by atoms with Crippen LogP contribution in [-0.2, 0) is 11.3 Å². The number of halogens is 1. The van der Waals surface area contributed by atoms with Crippen molar-refractivity contribution in [3.8, 4) is 11.8 Å². The van der Waals surface area contributed by atoms with E-state index in [0.717, 1.165) is 5.56 Å². The summed E-state index contributed by atoms with van der Waals surface area (Å²) >= 11 is 5.86. The average Bonchev–Trinajstić information content (AvgIpc) is 2.82. The molecule has 2 amide bonds. The molecule has 0 saturated heterocycles. The lowest BCUT2D eigenvalue weighted by Crippen LogP contribution is -2.23. The molecule has 0 fully saturated rings. The lowest BCUT2D eigenvalue weighted by atomic mass is 10.1. The summed E-state index contributed by atoms with van der Waals surface area (Å²) in [5, 5.41) is 15.5. The molecule has 0 unspecified atom stereocenters. The Balaban J connectivity index is 1.67. The van der Waals surface area contributed by atoms with Gasteiger partial charge in [0.2, 0.25) is 0 Å². The van der Waals surface area contributed by atoms with E-state index in [4.69, 9.17) is 16.3 Å². The summed E-state index contributed by atoms with van der Waals surface area (Å²) in [5.74, 6) is -0.114. The molecule has 0 aliphatic heterocycles. The maximum absolute atomic E-state index is 12.5. The molecular weight excluding hydrogens is 426 g/mol. The van der Waals surface area contributed by atoms with Crippen LogP contribution in [0.15, 0.2) is 78.4 Å². The molecule has 3 rings (SSSR count). The number of amides is 2. The lowest BCUT2D eigenvalue weighted by molar-refractivity contribution is -0.117. The number of nitrogens with zero attached hydrogens (tertiary/aromatic N) is 1. The molecule has 0 spiro atoms. The first-order valence-corrected chi connectivity index (χ1v) is 10.1. The summed E-state index contributed by atoms with van der Waals surface area (Å²) in [4.78, 5) is 24.9. The molecular formula is C25H20ClN3O3. The predicted octanol–water partition coefficient (Wildman–Crippen LogP) is 4.82. The summed E-state index contributed by atoms with van der Waals surface area (Å²) in [5.41, 5.74) is 2.45. The highest BCUT2D eigenvalue weighted by Crippen LogP contribution is 2.17. The Morgan fingerprint density at radius 2 is 1.78 bits per heavy atom. The molecule has 0 aliphatic carbocycles. The van der Waals surface area contributed by atoms with Gasteiger partial charge in [-0.15, -0.1) is 0 Å². The fraction of sp³-hybridized carbons (Fsp3) is 0.0800. The first-order valence-electron chi connectivity index (χ1n) is 9.68. The Bertz CT molecular complexity index is 1180. The second-order valence-corrected chi connectivity index (χ2v) is 7.22. The molecule has 0 bridgehead atoms. The van der Waals surface area contributed by atoms with Gasteiger partial charge < -0.3 is 15.4 Å². The molecule has 3 aromatic carbocycles. The minimum absolute atomic E-state index is 0.0439. The number of benzene rings is 3. The number of nitrogens with one attached hydrogen (secondary N) is 2.